The van der Waals surface area contributed by atoms with E-state index >= 15 is 0 Å². The van der Waals surface area contributed by atoms with Crippen LogP contribution >= 0.6 is 0 Å². The van der Waals surface area contributed by atoms with Gasteiger partial charge in [0.2, 0.25) is 0 Å². The van der Waals surface area contributed by atoms with Crippen molar-refractivity contribution < 1.29 is 14.6 Å². The van der Waals surface area contributed by atoms with Gasteiger partial charge in [0.25, 0.3) is 0 Å². The molecule has 1 aromatic carbocycles. The van der Waals surface area contributed by atoms with Gasteiger partial charge in [0.15, 0.2) is 0 Å². The number of fused-ring (bicyclic) bond motifs is 1. The molecule has 0 fully saturated rings. The Morgan fingerprint density at radius 2 is 2.27 bits per heavy atom. The number of carboxylic acid groups (broad SMARTS) is 1. The van der Waals surface area contributed by atoms with Gasteiger partial charge in [0.1, 0.15) is 0 Å². The van der Waals surface area contributed by atoms with E-state index in [-0.39, 0.29) is 13.0 Å². The molecular weight excluding hydrogens is 194 g/mol. The Balaban J connectivity index is 2.40. The number of carbonyl (C=O) groups is 1. The zero-order valence-electron chi connectivity index (χ0n) is 8.27. The molecule has 0 spiro atoms. The van der Waals surface area contributed by atoms with Crippen LogP contribution in [-0.2, 0) is 21.7 Å². The average molecular weight is 207 g/mol. The first-order valence-corrected chi connectivity index (χ1v) is 4.79. The average Bonchev–Trinajstić information content (AvgIpc) is 2.17. The zero-order valence-corrected chi connectivity index (χ0v) is 8.27. The molecular formula is C11H13NO3. The largest absolute Gasteiger partial charge is 0.481 e. The summed E-state index contributed by atoms with van der Waals surface area (Å²) in [5.74, 6) is -0.905. The van der Waals surface area contributed by atoms with Crippen LogP contribution < -0.4 is 5.73 Å². The van der Waals surface area contributed by atoms with E-state index in [0.29, 0.717) is 6.61 Å². The molecule has 2 rings (SSSR count). The summed E-state index contributed by atoms with van der Waals surface area (Å²) in [4.78, 5) is 10.7. The third-order valence-corrected chi connectivity index (χ3v) is 2.64. The molecule has 1 aromatic rings. The van der Waals surface area contributed by atoms with Crippen molar-refractivity contribution in [1.29, 1.82) is 0 Å². The summed E-state index contributed by atoms with van der Waals surface area (Å²) in [6, 6.07) is 7.56. The van der Waals surface area contributed by atoms with Crippen LogP contribution in [0.1, 0.15) is 17.5 Å². The van der Waals surface area contributed by atoms with Gasteiger partial charge < -0.3 is 15.6 Å². The third-order valence-electron chi connectivity index (χ3n) is 2.64. The molecule has 0 saturated heterocycles. The first kappa shape index (κ1) is 10.1. The molecule has 3 N–H and O–H groups in total. The molecule has 4 heteroatoms. The normalized spacial score (nSPS) is 24.6. The van der Waals surface area contributed by atoms with Crippen LogP contribution in [0.5, 0.6) is 0 Å². The van der Waals surface area contributed by atoms with Gasteiger partial charge in [-0.2, -0.15) is 0 Å². The van der Waals surface area contributed by atoms with Crippen LogP contribution in [0.2, 0.25) is 0 Å². The summed E-state index contributed by atoms with van der Waals surface area (Å²) in [7, 11) is 0. The molecule has 4 nitrogen and oxygen atoms in total. The van der Waals surface area contributed by atoms with Crippen LogP contribution in [0.4, 0.5) is 0 Å². The quantitative estimate of drug-likeness (QED) is 0.754. The molecule has 0 unspecified atom stereocenters. The summed E-state index contributed by atoms with van der Waals surface area (Å²) in [6.45, 7) is 0.769. The van der Waals surface area contributed by atoms with Gasteiger partial charge in [-0.25, -0.2) is 0 Å². The van der Waals surface area contributed by atoms with Crippen molar-refractivity contribution in [1.82, 2.24) is 0 Å². The van der Waals surface area contributed by atoms with E-state index in [1.807, 2.05) is 24.3 Å². The number of nitrogens with two attached hydrogens (primary N) is 1. The highest BCUT2D eigenvalue weighted by molar-refractivity contribution is 5.69. The number of rotatable bonds is 2. The number of aliphatic carboxylic acids is 1. The van der Waals surface area contributed by atoms with E-state index in [1.165, 1.54) is 0 Å². The minimum absolute atomic E-state index is 0.107. The van der Waals surface area contributed by atoms with Crippen molar-refractivity contribution in [3.05, 3.63) is 35.4 Å². The standard InChI is InChI=1S/C11H13NO3/c12-11(5-10(13)14)7-15-6-8-3-1-2-4-9(8)11/h1-4H,5-7,12H2,(H,13,14)/t11-/m1/s1. The zero-order chi connectivity index (χ0) is 10.9. The molecule has 0 aromatic heterocycles. The van der Waals surface area contributed by atoms with Gasteiger partial charge >= 0.3 is 5.97 Å². The molecule has 1 heterocycles. The molecule has 15 heavy (non-hydrogen) atoms. The summed E-state index contributed by atoms with van der Waals surface area (Å²) >= 11 is 0. The van der Waals surface area contributed by atoms with Crippen molar-refractivity contribution in [2.45, 2.75) is 18.6 Å². The Bertz CT molecular complexity index is 391. The lowest BCUT2D eigenvalue weighted by molar-refractivity contribution is -0.139. The number of ether oxygens (including phenoxy) is 1. The minimum atomic E-state index is -0.905. The molecule has 0 amide bonds. The lowest BCUT2D eigenvalue weighted by Crippen LogP contribution is -2.46. The Kier molecular flexibility index (Phi) is 2.46. The first-order valence-electron chi connectivity index (χ1n) is 4.79. The molecule has 1 aliphatic heterocycles. The second-order valence-electron chi connectivity index (χ2n) is 3.88. The Labute approximate surface area is 87.7 Å². The second-order valence-corrected chi connectivity index (χ2v) is 3.88. The fourth-order valence-electron chi connectivity index (χ4n) is 1.97. The van der Waals surface area contributed by atoms with Crippen molar-refractivity contribution in [3.8, 4) is 0 Å². The molecule has 0 saturated carbocycles. The SMILES string of the molecule is N[C@]1(CC(=O)O)COCc2ccccc21. The summed E-state index contributed by atoms with van der Waals surface area (Å²) in [5.41, 5.74) is 7.04. The molecule has 0 aliphatic carbocycles. The summed E-state index contributed by atoms with van der Waals surface area (Å²) < 4.78 is 5.32. The Morgan fingerprint density at radius 3 is 3.00 bits per heavy atom. The lowest BCUT2D eigenvalue weighted by atomic mass is 9.84. The first-order chi connectivity index (χ1) is 7.12. The predicted octanol–water partition coefficient (Wildman–Crippen LogP) is 0.845. The van der Waals surface area contributed by atoms with E-state index < -0.39 is 11.5 Å². The Morgan fingerprint density at radius 1 is 1.53 bits per heavy atom. The van der Waals surface area contributed by atoms with Gasteiger partial charge in [-0.3, -0.25) is 4.79 Å². The molecule has 0 bridgehead atoms. The number of carboxylic acids is 1. The maximum atomic E-state index is 10.7. The van der Waals surface area contributed by atoms with Crippen molar-refractivity contribution >= 4 is 5.97 Å². The molecule has 1 atom stereocenters. The second kappa shape index (κ2) is 3.64. The third kappa shape index (κ3) is 1.86. The molecule has 80 valence electrons. The fourth-order valence-corrected chi connectivity index (χ4v) is 1.97. The number of hydrogen-bond donors (Lipinski definition) is 2. The fraction of sp³-hybridized carbons (Fsp3) is 0.364. The van der Waals surface area contributed by atoms with Gasteiger partial charge in [-0.1, -0.05) is 24.3 Å². The van der Waals surface area contributed by atoms with Gasteiger partial charge in [0, 0.05) is 0 Å². The van der Waals surface area contributed by atoms with Crippen LogP contribution in [0.25, 0.3) is 0 Å². The smallest absolute Gasteiger partial charge is 0.305 e. The topological polar surface area (TPSA) is 72.6 Å². The van der Waals surface area contributed by atoms with Crippen LogP contribution in [0.3, 0.4) is 0 Å². The van der Waals surface area contributed by atoms with E-state index in [1.54, 1.807) is 0 Å². The highest BCUT2D eigenvalue weighted by atomic mass is 16.5. The number of hydrogen-bond acceptors (Lipinski definition) is 3. The molecule has 1 aliphatic rings. The lowest BCUT2D eigenvalue weighted by Gasteiger charge is -2.34. The van der Waals surface area contributed by atoms with E-state index in [2.05, 4.69) is 0 Å². The van der Waals surface area contributed by atoms with Crippen molar-refractivity contribution in [3.63, 3.8) is 0 Å². The van der Waals surface area contributed by atoms with Gasteiger partial charge in [-0.15, -0.1) is 0 Å². The van der Waals surface area contributed by atoms with Crippen LogP contribution in [0, 0.1) is 0 Å². The maximum absolute atomic E-state index is 10.7. The summed E-state index contributed by atoms with van der Waals surface area (Å²) in [6.07, 6.45) is -0.107. The van der Waals surface area contributed by atoms with E-state index in [0.717, 1.165) is 11.1 Å². The molecule has 0 radical (unpaired) electrons. The van der Waals surface area contributed by atoms with E-state index in [9.17, 15) is 4.79 Å². The Hall–Kier alpha value is -1.39. The highest BCUT2D eigenvalue weighted by Crippen LogP contribution is 2.30. The van der Waals surface area contributed by atoms with Crippen molar-refractivity contribution in [2.24, 2.45) is 5.73 Å². The van der Waals surface area contributed by atoms with Crippen molar-refractivity contribution in [2.75, 3.05) is 6.61 Å². The maximum Gasteiger partial charge on any atom is 0.305 e. The summed E-state index contributed by atoms with van der Waals surface area (Å²) in [5, 5.41) is 8.82. The van der Waals surface area contributed by atoms with Crippen LogP contribution in [-0.4, -0.2) is 17.7 Å². The monoisotopic (exact) mass is 207 g/mol. The van der Waals surface area contributed by atoms with Gasteiger partial charge in [0.05, 0.1) is 25.2 Å². The van der Waals surface area contributed by atoms with Crippen LogP contribution in [0.15, 0.2) is 24.3 Å². The van der Waals surface area contributed by atoms with E-state index in [4.69, 9.17) is 15.6 Å². The predicted molar refractivity (Wildman–Crippen MR) is 54.2 cm³/mol. The van der Waals surface area contributed by atoms with Gasteiger partial charge in [-0.05, 0) is 11.1 Å². The minimum Gasteiger partial charge on any atom is -0.481 e. The number of benzene rings is 1. The highest BCUT2D eigenvalue weighted by Gasteiger charge is 2.35.